The van der Waals surface area contributed by atoms with E-state index in [0.717, 1.165) is 28.9 Å². The number of allylic oxidation sites excluding steroid dienone is 2. The van der Waals surface area contributed by atoms with Crippen LogP contribution < -0.4 is 15.8 Å². The number of hydrogen-bond donors (Lipinski definition) is 3. The van der Waals surface area contributed by atoms with E-state index in [1.54, 1.807) is 11.3 Å². The highest BCUT2D eigenvalue weighted by Crippen LogP contribution is 2.47. The number of benzene rings is 1. The molecule has 148 valence electrons. The van der Waals surface area contributed by atoms with Gasteiger partial charge in [-0.3, -0.25) is 19.8 Å². The number of anilines is 2. The first kappa shape index (κ1) is 18.0. The monoisotopic (exact) mass is 406 g/mol. The fourth-order valence-corrected chi connectivity index (χ4v) is 5.27. The number of hydrogen-bond acceptors (Lipinski definition) is 5. The van der Waals surface area contributed by atoms with Crippen LogP contribution in [0.25, 0.3) is 0 Å². The van der Waals surface area contributed by atoms with Gasteiger partial charge in [-0.05, 0) is 35.6 Å². The van der Waals surface area contributed by atoms with Crippen LogP contribution in [0.2, 0.25) is 0 Å². The molecule has 1 aliphatic carbocycles. The van der Waals surface area contributed by atoms with Crippen molar-refractivity contribution in [1.82, 2.24) is 10.2 Å². The lowest BCUT2D eigenvalue weighted by Gasteiger charge is -2.34. The zero-order chi connectivity index (χ0) is 20.1. The molecule has 3 aromatic rings. The minimum absolute atomic E-state index is 0.116. The topological polar surface area (TPSA) is 81.0 Å². The summed E-state index contributed by atoms with van der Waals surface area (Å²) in [6.07, 6.45) is 1.24. The number of ketones is 1. The Balaban J connectivity index is 1.62. The average molecular weight is 407 g/mol. The Kier molecular flexibility index (Phi) is 4.20. The second-order valence-corrected chi connectivity index (χ2v) is 8.83. The predicted molar refractivity (Wildman–Crippen MR) is 116 cm³/mol. The maximum Gasteiger partial charge on any atom is 0.270 e. The number of aromatic nitrogens is 2. The van der Waals surface area contributed by atoms with Gasteiger partial charge in [-0.15, -0.1) is 11.3 Å². The van der Waals surface area contributed by atoms with Gasteiger partial charge in [-0.25, -0.2) is 0 Å². The van der Waals surface area contributed by atoms with Crippen LogP contribution in [-0.2, 0) is 4.79 Å². The predicted octanol–water partition coefficient (Wildman–Crippen LogP) is 3.79. The first-order chi connectivity index (χ1) is 14.0. The van der Waals surface area contributed by atoms with Crippen LogP contribution in [0.3, 0.4) is 0 Å². The Hall–Kier alpha value is -3.06. The molecule has 3 heterocycles. The summed E-state index contributed by atoms with van der Waals surface area (Å²) in [6, 6.07) is 12.2. The van der Waals surface area contributed by atoms with E-state index in [4.69, 9.17) is 0 Å². The highest BCUT2D eigenvalue weighted by atomic mass is 32.1. The van der Waals surface area contributed by atoms with Crippen LogP contribution in [-0.4, -0.2) is 30.1 Å². The molecule has 0 saturated heterocycles. The largest absolute Gasteiger partial charge is 0.378 e. The van der Waals surface area contributed by atoms with Crippen LogP contribution in [0.1, 0.15) is 40.7 Å². The zero-order valence-electron chi connectivity index (χ0n) is 16.3. The lowest BCUT2D eigenvalue weighted by Crippen LogP contribution is -2.31. The van der Waals surface area contributed by atoms with Gasteiger partial charge in [0.25, 0.3) is 5.56 Å². The number of nitrogens with zero attached hydrogens (tertiary/aromatic N) is 1. The molecule has 29 heavy (non-hydrogen) atoms. The Morgan fingerprint density at radius 3 is 2.52 bits per heavy atom. The Bertz CT molecular complexity index is 1150. The highest BCUT2D eigenvalue weighted by Gasteiger charge is 2.40. The van der Waals surface area contributed by atoms with Gasteiger partial charge in [0.2, 0.25) is 0 Å². The second-order valence-electron chi connectivity index (χ2n) is 7.85. The minimum atomic E-state index is -0.357. The van der Waals surface area contributed by atoms with E-state index in [2.05, 4.69) is 27.0 Å². The van der Waals surface area contributed by atoms with Gasteiger partial charge < -0.3 is 10.2 Å². The van der Waals surface area contributed by atoms with E-state index in [1.165, 1.54) is 4.88 Å². The molecule has 0 fully saturated rings. The third-order valence-electron chi connectivity index (χ3n) is 5.86. The molecule has 2 aromatic heterocycles. The van der Waals surface area contributed by atoms with Crippen molar-refractivity contribution in [3.8, 4) is 0 Å². The van der Waals surface area contributed by atoms with E-state index in [1.807, 2.05) is 49.3 Å². The zero-order valence-corrected chi connectivity index (χ0v) is 17.1. The first-order valence-corrected chi connectivity index (χ1v) is 10.6. The van der Waals surface area contributed by atoms with Crippen molar-refractivity contribution < 1.29 is 4.79 Å². The maximum absolute atomic E-state index is 13.3. The molecule has 1 aliphatic heterocycles. The quantitative estimate of drug-likeness (QED) is 0.618. The van der Waals surface area contributed by atoms with Crippen LogP contribution in [0.4, 0.5) is 11.5 Å². The lowest BCUT2D eigenvalue weighted by molar-refractivity contribution is -0.116. The molecular formula is C22H22N4O2S. The number of carbonyl (C=O) groups excluding carboxylic acids is 1. The molecule has 3 N–H and O–H groups in total. The van der Waals surface area contributed by atoms with Crippen molar-refractivity contribution in [1.29, 1.82) is 0 Å². The first-order valence-electron chi connectivity index (χ1n) is 9.67. The number of fused-ring (bicyclic) bond motifs is 1. The van der Waals surface area contributed by atoms with Gasteiger partial charge >= 0.3 is 0 Å². The maximum atomic E-state index is 13.3. The van der Waals surface area contributed by atoms with Crippen molar-refractivity contribution in [2.45, 2.75) is 24.7 Å². The fraction of sp³-hybridized carbons (Fsp3) is 0.273. The van der Waals surface area contributed by atoms with Gasteiger partial charge in [-0.2, -0.15) is 0 Å². The summed E-state index contributed by atoms with van der Waals surface area (Å²) in [5.41, 5.74) is 4.09. The molecule has 2 aliphatic rings. The summed E-state index contributed by atoms with van der Waals surface area (Å²) in [5.74, 6) is 0.599. The van der Waals surface area contributed by atoms with Gasteiger partial charge in [0.1, 0.15) is 5.82 Å². The summed E-state index contributed by atoms with van der Waals surface area (Å²) in [6.45, 7) is 0. The van der Waals surface area contributed by atoms with E-state index in [-0.39, 0.29) is 23.2 Å². The SMILES string of the molecule is CN(C)c1ccc([C@@H]2C3=C(C[C@@H](c4cccs4)CC3=O)Nc3[nH][nH]c(=O)c32)cc1. The summed E-state index contributed by atoms with van der Waals surface area (Å²) >= 11 is 1.69. The molecule has 0 bridgehead atoms. The third kappa shape index (κ3) is 2.93. The number of rotatable bonds is 3. The Morgan fingerprint density at radius 1 is 1.03 bits per heavy atom. The second kappa shape index (κ2) is 6.77. The van der Waals surface area contributed by atoms with Crippen molar-refractivity contribution in [2.24, 2.45) is 0 Å². The summed E-state index contributed by atoms with van der Waals surface area (Å²) in [7, 11) is 3.98. The number of H-pyrrole nitrogens is 2. The molecule has 0 amide bonds. The molecule has 0 saturated carbocycles. The molecule has 7 heteroatoms. The highest BCUT2D eigenvalue weighted by molar-refractivity contribution is 7.10. The van der Waals surface area contributed by atoms with Gasteiger partial charge in [0.05, 0.1) is 5.56 Å². The van der Waals surface area contributed by atoms with E-state index >= 15 is 0 Å². The minimum Gasteiger partial charge on any atom is -0.378 e. The molecule has 1 aromatic carbocycles. The van der Waals surface area contributed by atoms with Crippen molar-refractivity contribution in [3.05, 3.63) is 79.4 Å². The van der Waals surface area contributed by atoms with E-state index in [0.29, 0.717) is 17.8 Å². The Morgan fingerprint density at radius 2 is 1.83 bits per heavy atom. The van der Waals surface area contributed by atoms with Gasteiger partial charge in [-0.1, -0.05) is 18.2 Å². The van der Waals surface area contributed by atoms with Crippen LogP contribution >= 0.6 is 11.3 Å². The standard InChI is InChI=1S/C22H22N4O2S/c1-26(2)14-7-5-12(6-8-14)18-19-15(23-21-20(18)22(28)25-24-21)10-13(11-16(19)27)17-4-3-9-29-17/h3-9,13,18H,10-11H2,1-2H3,(H3,23,24,25,28)/t13-,18-/m1/s1. The molecule has 0 unspecified atom stereocenters. The number of thiophene rings is 1. The molecule has 6 nitrogen and oxygen atoms in total. The third-order valence-corrected chi connectivity index (χ3v) is 6.90. The number of aromatic amines is 2. The molecule has 5 rings (SSSR count). The van der Waals surface area contributed by atoms with Crippen molar-refractivity contribution in [2.75, 3.05) is 24.3 Å². The smallest absolute Gasteiger partial charge is 0.270 e. The number of Topliss-reactive ketones (excluding diaryl/α,β-unsaturated/α-hetero) is 1. The van der Waals surface area contributed by atoms with Crippen LogP contribution in [0.5, 0.6) is 0 Å². The van der Waals surface area contributed by atoms with E-state index < -0.39 is 0 Å². The van der Waals surface area contributed by atoms with E-state index in [9.17, 15) is 9.59 Å². The molecular weight excluding hydrogens is 384 g/mol. The summed E-state index contributed by atoms with van der Waals surface area (Å²) in [4.78, 5) is 29.2. The number of nitrogens with one attached hydrogen (secondary N) is 3. The van der Waals surface area contributed by atoms with Crippen LogP contribution in [0, 0.1) is 0 Å². The normalized spacial score (nSPS) is 20.8. The molecule has 0 radical (unpaired) electrons. The Labute approximate surface area is 172 Å². The van der Waals surface area contributed by atoms with Crippen LogP contribution in [0.15, 0.2) is 57.8 Å². The van der Waals surface area contributed by atoms with Gasteiger partial charge in [0.15, 0.2) is 5.78 Å². The van der Waals surface area contributed by atoms with Crippen molar-refractivity contribution in [3.63, 3.8) is 0 Å². The van der Waals surface area contributed by atoms with Gasteiger partial charge in [0, 0.05) is 54.2 Å². The van der Waals surface area contributed by atoms with Crippen molar-refractivity contribution >= 4 is 28.6 Å². The molecule has 0 spiro atoms. The number of carbonyl (C=O) groups is 1. The molecule has 2 atom stereocenters. The summed E-state index contributed by atoms with van der Waals surface area (Å²) in [5, 5.41) is 11.0. The average Bonchev–Trinajstić information content (AvgIpc) is 3.37. The fourth-order valence-electron chi connectivity index (χ4n) is 4.44. The summed E-state index contributed by atoms with van der Waals surface area (Å²) < 4.78 is 0. The lowest BCUT2D eigenvalue weighted by atomic mass is 9.74.